The average molecular weight is 422 g/mol. The van der Waals surface area contributed by atoms with Crippen LogP contribution in [-0.2, 0) is 5.60 Å². The van der Waals surface area contributed by atoms with Crippen molar-refractivity contribution in [2.45, 2.75) is 26.4 Å². The maximum atomic E-state index is 10.5. The lowest BCUT2D eigenvalue weighted by Crippen LogP contribution is -2.19. The van der Waals surface area contributed by atoms with Crippen molar-refractivity contribution in [3.05, 3.63) is 65.7 Å². The summed E-state index contributed by atoms with van der Waals surface area (Å²) in [4.78, 5) is 14.5. The zero-order valence-electron chi connectivity index (χ0n) is 17.2. The Labute approximate surface area is 179 Å². The molecule has 30 heavy (non-hydrogen) atoms. The summed E-state index contributed by atoms with van der Waals surface area (Å²) in [5, 5.41) is 15.7. The number of nitrogens with one attached hydrogen (secondary N) is 1. The number of methoxy groups -OCH3 is 1. The lowest BCUT2D eigenvalue weighted by atomic mass is 10.0. The number of benzene rings is 1. The van der Waals surface area contributed by atoms with Crippen LogP contribution < -0.4 is 10.1 Å². The van der Waals surface area contributed by atoms with E-state index in [0.717, 1.165) is 27.6 Å². The van der Waals surface area contributed by atoms with E-state index >= 15 is 0 Å². The summed E-state index contributed by atoms with van der Waals surface area (Å²) in [7, 11) is 1.63. The summed E-state index contributed by atoms with van der Waals surface area (Å²) >= 11 is 1.59. The van der Waals surface area contributed by atoms with Gasteiger partial charge in [0.1, 0.15) is 11.4 Å². The summed E-state index contributed by atoms with van der Waals surface area (Å²) in [5.74, 6) is 1.10. The maximum absolute atomic E-state index is 10.5. The molecule has 1 aromatic carbocycles. The van der Waals surface area contributed by atoms with Gasteiger partial charge in [-0.3, -0.25) is 0 Å². The van der Waals surface area contributed by atoms with Crippen LogP contribution in [-0.4, -0.2) is 31.7 Å². The molecule has 2 N–H and O–H groups in total. The summed E-state index contributed by atoms with van der Waals surface area (Å²) in [6, 6.07) is 11.5. The summed E-state index contributed by atoms with van der Waals surface area (Å²) < 4.78 is 7.50. The van der Waals surface area contributed by atoms with Gasteiger partial charge in [-0.25, -0.2) is 15.0 Å². The summed E-state index contributed by atoms with van der Waals surface area (Å²) in [5.41, 5.74) is 2.80. The fourth-order valence-electron chi connectivity index (χ4n) is 3.02. The first kappa shape index (κ1) is 20.1. The SMILES string of the molecule is COc1cc(Nc2nc(-c3cccs3)cc(C(C)(C)O)n2)ccc1-n1cnc(C)c1. The summed E-state index contributed by atoms with van der Waals surface area (Å²) in [6.07, 6.45) is 3.69. The molecule has 8 heteroatoms. The van der Waals surface area contributed by atoms with Crippen molar-refractivity contribution in [3.63, 3.8) is 0 Å². The van der Waals surface area contributed by atoms with Crippen molar-refractivity contribution in [2.24, 2.45) is 0 Å². The first-order valence-electron chi connectivity index (χ1n) is 9.45. The minimum Gasteiger partial charge on any atom is -0.494 e. The van der Waals surface area contributed by atoms with E-state index in [1.54, 1.807) is 38.6 Å². The molecule has 0 saturated heterocycles. The van der Waals surface area contributed by atoms with E-state index in [9.17, 15) is 5.11 Å². The normalized spacial score (nSPS) is 11.5. The van der Waals surface area contributed by atoms with Gasteiger partial charge in [0.2, 0.25) is 5.95 Å². The summed E-state index contributed by atoms with van der Waals surface area (Å²) in [6.45, 7) is 5.36. The lowest BCUT2D eigenvalue weighted by molar-refractivity contribution is 0.0739. The predicted molar refractivity (Wildman–Crippen MR) is 119 cm³/mol. The molecule has 0 unspecified atom stereocenters. The number of ether oxygens (including phenoxy) is 1. The van der Waals surface area contributed by atoms with Gasteiger partial charge >= 0.3 is 0 Å². The van der Waals surface area contributed by atoms with Gasteiger partial charge in [0, 0.05) is 18.0 Å². The molecule has 0 aliphatic carbocycles. The highest BCUT2D eigenvalue weighted by atomic mass is 32.1. The fraction of sp³-hybridized carbons (Fsp3) is 0.227. The molecule has 7 nitrogen and oxygen atoms in total. The Balaban J connectivity index is 1.71. The van der Waals surface area contributed by atoms with E-state index in [4.69, 9.17) is 4.74 Å². The highest BCUT2D eigenvalue weighted by Gasteiger charge is 2.21. The highest BCUT2D eigenvalue weighted by molar-refractivity contribution is 7.13. The van der Waals surface area contributed by atoms with Crippen LogP contribution >= 0.6 is 11.3 Å². The van der Waals surface area contributed by atoms with Gasteiger partial charge in [-0.1, -0.05) is 6.07 Å². The quantitative estimate of drug-likeness (QED) is 0.470. The average Bonchev–Trinajstić information content (AvgIpc) is 3.39. The molecule has 4 rings (SSSR count). The van der Waals surface area contributed by atoms with Crippen molar-refractivity contribution < 1.29 is 9.84 Å². The molecule has 3 aromatic heterocycles. The molecule has 0 aliphatic rings. The van der Waals surface area contributed by atoms with Gasteiger partial charge < -0.3 is 19.7 Å². The number of rotatable bonds is 6. The number of nitrogens with zero attached hydrogens (tertiary/aromatic N) is 4. The Morgan fingerprint density at radius 3 is 2.63 bits per heavy atom. The van der Waals surface area contributed by atoms with Crippen LogP contribution in [0.25, 0.3) is 16.3 Å². The van der Waals surface area contributed by atoms with Gasteiger partial charge in [-0.15, -0.1) is 11.3 Å². The molecular formula is C22H23N5O2S. The molecule has 154 valence electrons. The van der Waals surface area contributed by atoms with Crippen molar-refractivity contribution in [3.8, 4) is 22.0 Å². The van der Waals surface area contributed by atoms with Crippen LogP contribution in [0.5, 0.6) is 5.75 Å². The topological polar surface area (TPSA) is 85.1 Å². The Morgan fingerprint density at radius 1 is 1.17 bits per heavy atom. The lowest BCUT2D eigenvalue weighted by Gasteiger charge is -2.19. The number of hydrogen-bond donors (Lipinski definition) is 2. The minimum absolute atomic E-state index is 0.409. The number of imidazole rings is 1. The van der Waals surface area contributed by atoms with Gasteiger partial charge in [0.15, 0.2) is 0 Å². The second-order valence-electron chi connectivity index (χ2n) is 7.43. The van der Waals surface area contributed by atoms with E-state index in [1.807, 2.05) is 59.5 Å². The van der Waals surface area contributed by atoms with Gasteiger partial charge in [0.25, 0.3) is 0 Å². The third kappa shape index (κ3) is 4.19. The number of aliphatic hydroxyl groups is 1. The molecule has 0 spiro atoms. The maximum Gasteiger partial charge on any atom is 0.228 e. The second-order valence-corrected chi connectivity index (χ2v) is 8.38. The van der Waals surface area contributed by atoms with Crippen LogP contribution in [0.2, 0.25) is 0 Å². The van der Waals surface area contributed by atoms with E-state index in [2.05, 4.69) is 20.3 Å². The highest BCUT2D eigenvalue weighted by Crippen LogP contribution is 2.31. The molecule has 4 aromatic rings. The van der Waals surface area contributed by atoms with E-state index in [0.29, 0.717) is 17.4 Å². The van der Waals surface area contributed by atoms with E-state index in [-0.39, 0.29) is 0 Å². The predicted octanol–water partition coefficient (Wildman–Crippen LogP) is 4.68. The monoisotopic (exact) mass is 421 g/mol. The third-order valence-electron chi connectivity index (χ3n) is 4.55. The largest absolute Gasteiger partial charge is 0.494 e. The first-order valence-corrected chi connectivity index (χ1v) is 10.3. The molecule has 0 amide bonds. The first-order chi connectivity index (χ1) is 14.3. The number of aromatic nitrogens is 4. The van der Waals surface area contributed by atoms with Crippen molar-refractivity contribution >= 4 is 23.0 Å². The van der Waals surface area contributed by atoms with Crippen molar-refractivity contribution in [1.29, 1.82) is 0 Å². The third-order valence-corrected chi connectivity index (χ3v) is 5.44. The number of anilines is 2. The minimum atomic E-state index is -1.09. The fourth-order valence-corrected chi connectivity index (χ4v) is 3.70. The van der Waals surface area contributed by atoms with Crippen LogP contribution in [0.3, 0.4) is 0 Å². The van der Waals surface area contributed by atoms with Crippen LogP contribution in [0, 0.1) is 6.92 Å². The van der Waals surface area contributed by atoms with E-state index < -0.39 is 5.60 Å². The molecule has 0 radical (unpaired) electrons. The molecule has 0 atom stereocenters. The Kier molecular flexibility index (Phi) is 5.27. The van der Waals surface area contributed by atoms with Crippen LogP contribution in [0.4, 0.5) is 11.6 Å². The second kappa shape index (κ2) is 7.89. The Hall–Kier alpha value is -3.23. The van der Waals surface area contributed by atoms with E-state index in [1.165, 1.54) is 0 Å². The van der Waals surface area contributed by atoms with Crippen LogP contribution in [0.15, 0.2) is 54.3 Å². The number of aryl methyl sites for hydroxylation is 1. The number of hydrogen-bond acceptors (Lipinski definition) is 7. The smallest absolute Gasteiger partial charge is 0.228 e. The Morgan fingerprint density at radius 2 is 2.00 bits per heavy atom. The molecular weight excluding hydrogens is 398 g/mol. The number of thiophene rings is 1. The molecule has 0 bridgehead atoms. The molecule has 0 fully saturated rings. The van der Waals surface area contributed by atoms with Gasteiger partial charge in [0.05, 0.1) is 41.1 Å². The standard InChI is InChI=1S/C22H23N5O2S/c1-14-12-27(13-23-14)17-8-7-15(10-18(17)29-4)24-21-25-16(19-6-5-9-30-19)11-20(26-21)22(2,3)28/h5-13,28H,1-4H3,(H,24,25,26). The Bertz CT molecular complexity index is 1160. The molecule has 0 saturated carbocycles. The van der Waals surface area contributed by atoms with Gasteiger partial charge in [-0.2, -0.15) is 0 Å². The molecule has 3 heterocycles. The van der Waals surface area contributed by atoms with Crippen molar-refractivity contribution in [1.82, 2.24) is 19.5 Å². The molecule has 0 aliphatic heterocycles. The van der Waals surface area contributed by atoms with Crippen LogP contribution in [0.1, 0.15) is 25.2 Å². The zero-order chi connectivity index (χ0) is 21.3. The van der Waals surface area contributed by atoms with Crippen molar-refractivity contribution in [2.75, 3.05) is 12.4 Å². The zero-order valence-corrected chi connectivity index (χ0v) is 18.1. The van der Waals surface area contributed by atoms with Gasteiger partial charge in [-0.05, 0) is 50.4 Å².